The van der Waals surface area contributed by atoms with Crippen molar-refractivity contribution in [3.63, 3.8) is 0 Å². The molecular formula is C14H20O2. The van der Waals surface area contributed by atoms with Crippen molar-refractivity contribution >= 4 is 0 Å². The molecule has 16 heavy (non-hydrogen) atoms. The normalized spacial score (nSPS) is 25.6. The molecule has 2 rings (SSSR count). The van der Waals surface area contributed by atoms with Crippen molar-refractivity contribution in [1.82, 2.24) is 0 Å². The van der Waals surface area contributed by atoms with Crippen molar-refractivity contribution in [3.8, 4) is 0 Å². The molecule has 0 bridgehead atoms. The molecular weight excluding hydrogens is 200 g/mol. The van der Waals surface area contributed by atoms with Gasteiger partial charge in [-0.05, 0) is 12.0 Å². The lowest BCUT2D eigenvalue weighted by molar-refractivity contribution is -0.174. The summed E-state index contributed by atoms with van der Waals surface area (Å²) in [5.41, 5.74) is 1.28. The molecule has 88 valence electrons. The summed E-state index contributed by atoms with van der Waals surface area (Å²) in [6.45, 7) is 3.49. The molecule has 0 aliphatic carbocycles. The van der Waals surface area contributed by atoms with E-state index in [4.69, 9.17) is 9.47 Å². The van der Waals surface area contributed by atoms with Gasteiger partial charge in [0.15, 0.2) is 0 Å². The molecule has 1 aliphatic heterocycles. The topological polar surface area (TPSA) is 18.5 Å². The molecule has 1 fully saturated rings. The molecule has 2 atom stereocenters. The van der Waals surface area contributed by atoms with Gasteiger partial charge in [0.2, 0.25) is 0 Å². The van der Waals surface area contributed by atoms with Gasteiger partial charge in [-0.1, -0.05) is 50.1 Å². The Kier molecular flexibility index (Phi) is 4.37. The fourth-order valence-electron chi connectivity index (χ4n) is 2.26. The molecule has 1 aliphatic rings. The first kappa shape index (κ1) is 11.6. The summed E-state index contributed by atoms with van der Waals surface area (Å²) in [5.74, 6) is 0.510. The third-order valence-corrected chi connectivity index (χ3v) is 3.15. The highest BCUT2D eigenvalue weighted by atomic mass is 16.7. The van der Waals surface area contributed by atoms with Crippen LogP contribution in [0, 0.1) is 5.92 Å². The van der Waals surface area contributed by atoms with Crippen molar-refractivity contribution in [2.75, 3.05) is 13.4 Å². The Morgan fingerprint density at radius 2 is 2.06 bits per heavy atom. The lowest BCUT2D eigenvalue weighted by Crippen LogP contribution is -2.28. The van der Waals surface area contributed by atoms with Gasteiger partial charge >= 0.3 is 0 Å². The summed E-state index contributed by atoms with van der Waals surface area (Å²) in [7, 11) is 0. The van der Waals surface area contributed by atoms with Crippen LogP contribution in [0.5, 0.6) is 0 Å². The van der Waals surface area contributed by atoms with E-state index in [9.17, 15) is 0 Å². The molecule has 0 radical (unpaired) electrons. The lowest BCUT2D eigenvalue weighted by atomic mass is 9.91. The summed E-state index contributed by atoms with van der Waals surface area (Å²) in [5, 5.41) is 0. The molecule has 2 heteroatoms. The van der Waals surface area contributed by atoms with Crippen molar-refractivity contribution in [2.45, 2.75) is 32.3 Å². The van der Waals surface area contributed by atoms with Crippen LogP contribution in [0.15, 0.2) is 30.3 Å². The zero-order valence-corrected chi connectivity index (χ0v) is 9.89. The second-order valence-corrected chi connectivity index (χ2v) is 4.39. The Morgan fingerprint density at radius 3 is 2.81 bits per heavy atom. The van der Waals surface area contributed by atoms with E-state index in [0.29, 0.717) is 12.7 Å². The van der Waals surface area contributed by atoms with Gasteiger partial charge in [0, 0.05) is 5.92 Å². The first-order valence-electron chi connectivity index (χ1n) is 6.16. The maximum absolute atomic E-state index is 5.75. The van der Waals surface area contributed by atoms with E-state index in [1.165, 1.54) is 24.8 Å². The van der Waals surface area contributed by atoms with Crippen LogP contribution < -0.4 is 0 Å². The van der Waals surface area contributed by atoms with Crippen molar-refractivity contribution in [3.05, 3.63) is 35.9 Å². The highest BCUT2D eigenvalue weighted by Crippen LogP contribution is 2.32. The zero-order valence-electron chi connectivity index (χ0n) is 9.89. The largest absolute Gasteiger partial charge is 0.355 e. The predicted molar refractivity (Wildman–Crippen MR) is 64.1 cm³/mol. The summed E-state index contributed by atoms with van der Waals surface area (Å²) in [4.78, 5) is 0. The maximum Gasteiger partial charge on any atom is 0.147 e. The summed E-state index contributed by atoms with van der Waals surface area (Å²) >= 11 is 0. The fourth-order valence-corrected chi connectivity index (χ4v) is 2.26. The van der Waals surface area contributed by atoms with E-state index in [0.717, 1.165) is 6.61 Å². The van der Waals surface area contributed by atoms with E-state index in [1.54, 1.807) is 0 Å². The Hall–Kier alpha value is -0.860. The van der Waals surface area contributed by atoms with E-state index < -0.39 is 0 Å². The molecule has 0 aromatic heterocycles. The van der Waals surface area contributed by atoms with Gasteiger partial charge < -0.3 is 9.47 Å². The number of unbranched alkanes of at least 4 members (excludes halogenated alkanes) is 1. The summed E-state index contributed by atoms with van der Waals surface area (Å²) in [6.07, 6.45) is 3.90. The minimum atomic E-state index is 0.224. The Bertz CT molecular complexity index is 297. The average Bonchev–Trinajstić information content (AvgIpc) is 2.38. The van der Waals surface area contributed by atoms with Crippen LogP contribution in [0.25, 0.3) is 0 Å². The SMILES string of the molecule is CCCC[C@H]1COCO[C@@H]1c1ccccc1. The van der Waals surface area contributed by atoms with Crippen LogP contribution in [0.4, 0.5) is 0 Å². The van der Waals surface area contributed by atoms with Crippen LogP contribution >= 0.6 is 0 Å². The molecule has 1 aromatic carbocycles. The molecule has 0 saturated carbocycles. The predicted octanol–water partition coefficient (Wildman–Crippen LogP) is 3.54. The van der Waals surface area contributed by atoms with Crippen LogP contribution in [0.3, 0.4) is 0 Å². The monoisotopic (exact) mass is 220 g/mol. The van der Waals surface area contributed by atoms with Gasteiger partial charge in [-0.25, -0.2) is 0 Å². The highest BCUT2D eigenvalue weighted by molar-refractivity contribution is 5.18. The van der Waals surface area contributed by atoms with Crippen LogP contribution in [-0.4, -0.2) is 13.4 Å². The Balaban J connectivity index is 2.04. The zero-order chi connectivity index (χ0) is 11.2. The van der Waals surface area contributed by atoms with Crippen LogP contribution in [-0.2, 0) is 9.47 Å². The van der Waals surface area contributed by atoms with Gasteiger partial charge in [0.1, 0.15) is 6.79 Å². The number of benzene rings is 1. The Morgan fingerprint density at radius 1 is 1.25 bits per heavy atom. The van der Waals surface area contributed by atoms with Gasteiger partial charge in [0.05, 0.1) is 12.7 Å². The third-order valence-electron chi connectivity index (χ3n) is 3.15. The average molecular weight is 220 g/mol. The smallest absolute Gasteiger partial charge is 0.147 e. The molecule has 0 amide bonds. The second kappa shape index (κ2) is 6.02. The van der Waals surface area contributed by atoms with E-state index in [-0.39, 0.29) is 6.10 Å². The molecule has 2 nitrogen and oxygen atoms in total. The van der Waals surface area contributed by atoms with Crippen molar-refractivity contribution < 1.29 is 9.47 Å². The minimum absolute atomic E-state index is 0.224. The fraction of sp³-hybridized carbons (Fsp3) is 0.571. The maximum atomic E-state index is 5.75. The summed E-state index contributed by atoms with van der Waals surface area (Å²) in [6, 6.07) is 10.5. The summed E-state index contributed by atoms with van der Waals surface area (Å²) < 4.78 is 11.2. The Labute approximate surface area is 97.6 Å². The first-order chi connectivity index (χ1) is 7.92. The third kappa shape index (κ3) is 2.83. The van der Waals surface area contributed by atoms with Crippen LogP contribution in [0.1, 0.15) is 37.9 Å². The number of ether oxygens (including phenoxy) is 2. The lowest BCUT2D eigenvalue weighted by Gasteiger charge is -2.32. The second-order valence-electron chi connectivity index (χ2n) is 4.39. The standard InChI is InChI=1S/C14H20O2/c1-2-3-7-13-10-15-11-16-14(13)12-8-5-4-6-9-12/h4-6,8-9,13-14H,2-3,7,10-11H2,1H3/t13-,14+/m0/s1. The molecule has 0 N–H and O–H groups in total. The van der Waals surface area contributed by atoms with E-state index >= 15 is 0 Å². The van der Waals surface area contributed by atoms with Crippen LogP contribution in [0.2, 0.25) is 0 Å². The van der Waals surface area contributed by atoms with Gasteiger partial charge in [-0.2, -0.15) is 0 Å². The molecule has 1 heterocycles. The van der Waals surface area contributed by atoms with E-state index in [1.807, 2.05) is 6.07 Å². The number of hydrogen-bond donors (Lipinski definition) is 0. The van der Waals surface area contributed by atoms with Crippen molar-refractivity contribution in [1.29, 1.82) is 0 Å². The number of hydrogen-bond acceptors (Lipinski definition) is 2. The molecule has 1 saturated heterocycles. The molecule has 1 aromatic rings. The van der Waals surface area contributed by atoms with Gasteiger partial charge in [-0.15, -0.1) is 0 Å². The molecule has 0 unspecified atom stereocenters. The highest BCUT2D eigenvalue weighted by Gasteiger charge is 2.27. The van der Waals surface area contributed by atoms with E-state index in [2.05, 4.69) is 31.2 Å². The molecule has 0 spiro atoms. The van der Waals surface area contributed by atoms with Gasteiger partial charge in [0.25, 0.3) is 0 Å². The van der Waals surface area contributed by atoms with Gasteiger partial charge in [-0.3, -0.25) is 0 Å². The first-order valence-corrected chi connectivity index (χ1v) is 6.16. The quantitative estimate of drug-likeness (QED) is 0.772. The van der Waals surface area contributed by atoms with Crippen molar-refractivity contribution in [2.24, 2.45) is 5.92 Å². The number of rotatable bonds is 4. The minimum Gasteiger partial charge on any atom is -0.355 e.